The van der Waals surface area contributed by atoms with Crippen LogP contribution in [0.5, 0.6) is 0 Å². The molecule has 5 heterocycles. The van der Waals surface area contributed by atoms with Gasteiger partial charge in [-0.1, -0.05) is 0 Å². The molecule has 7 rings (SSSR count). The zero-order valence-corrected chi connectivity index (χ0v) is 18.8. The lowest BCUT2D eigenvalue weighted by molar-refractivity contribution is -0.435. The van der Waals surface area contributed by atoms with Crippen LogP contribution in [0.4, 0.5) is 0 Å². The number of rotatable bonds is 2. The highest BCUT2D eigenvalue weighted by atomic mass is 17.2. The van der Waals surface area contributed by atoms with Crippen LogP contribution in [0.2, 0.25) is 0 Å². The highest BCUT2D eigenvalue weighted by Gasteiger charge is 2.85. The monoisotopic (exact) mass is 454 g/mol. The molecule has 1 spiro atoms. The van der Waals surface area contributed by atoms with E-state index in [1.54, 1.807) is 18.6 Å². The summed E-state index contributed by atoms with van der Waals surface area (Å²) in [5, 5.41) is 0. The Hall–Kier alpha value is -2.42. The Labute approximate surface area is 190 Å². The number of carbonyl (C=O) groups excluding carboxylic acids is 2. The Morgan fingerprint density at radius 1 is 1.15 bits per heavy atom. The molecule has 0 unspecified atom stereocenters. The normalized spacial score (nSPS) is 48.7. The Bertz CT molecular complexity index is 1130. The predicted molar refractivity (Wildman–Crippen MR) is 110 cm³/mol. The molecular formula is C25H26O8. The van der Waals surface area contributed by atoms with Gasteiger partial charge >= 0.3 is 11.9 Å². The first-order chi connectivity index (χ1) is 15.6. The van der Waals surface area contributed by atoms with Gasteiger partial charge in [-0.05, 0) is 63.8 Å². The van der Waals surface area contributed by atoms with Crippen LogP contribution in [-0.4, -0.2) is 35.0 Å². The van der Waals surface area contributed by atoms with E-state index in [0.717, 1.165) is 30.4 Å². The highest BCUT2D eigenvalue weighted by Crippen LogP contribution is 2.83. The molecule has 2 aliphatic carbocycles. The fourth-order valence-electron chi connectivity index (χ4n) is 7.45. The maximum Gasteiger partial charge on any atom is 0.331 e. The van der Waals surface area contributed by atoms with E-state index >= 15 is 0 Å². The standard InChI is InChI=1S/C25H26O8/c1-21(2)17(22(3)7-5-18(26)30-22)11-24(32-21)10-15-16(31-33-24)4-8-23-13-25(15,23)20(27)29-19(23)14-6-9-28-12-14/h5-7,9-10,12,16-17,19H,4,8,11,13H2,1-3H3/t16-,17+,19+,22+,23-,24+,25-/m1/s1. The summed E-state index contributed by atoms with van der Waals surface area (Å²) < 4.78 is 23.3. The topological polar surface area (TPSA) is 93.4 Å². The number of hydrogen-bond acceptors (Lipinski definition) is 8. The summed E-state index contributed by atoms with van der Waals surface area (Å²) in [6.45, 7) is 5.81. The Kier molecular flexibility index (Phi) is 3.51. The first-order valence-corrected chi connectivity index (χ1v) is 11.6. The van der Waals surface area contributed by atoms with E-state index in [1.807, 2.05) is 32.9 Å². The van der Waals surface area contributed by atoms with Crippen LogP contribution in [0.15, 0.2) is 46.8 Å². The van der Waals surface area contributed by atoms with E-state index < -0.39 is 22.4 Å². The maximum absolute atomic E-state index is 13.3. The molecule has 4 aliphatic heterocycles. The van der Waals surface area contributed by atoms with Crippen LogP contribution in [0.1, 0.15) is 58.1 Å². The summed E-state index contributed by atoms with van der Waals surface area (Å²) in [5.41, 5.74) is -0.692. The fourth-order valence-corrected chi connectivity index (χ4v) is 7.45. The van der Waals surface area contributed by atoms with Gasteiger partial charge in [-0.25, -0.2) is 9.68 Å². The lowest BCUT2D eigenvalue weighted by atomic mass is 9.71. The largest absolute Gasteiger partial charge is 0.472 e. The molecule has 4 fully saturated rings. The van der Waals surface area contributed by atoms with Crippen LogP contribution in [0.25, 0.3) is 0 Å². The SMILES string of the molecule is CC1(C)O[C@]2(C=C3[C@@H](CC[C@]45C[C@]34C(=O)O[C@H]5c3ccoc3)OO2)C[C@@H]1[C@]1(C)C=CC(=O)O1. The number of cyclic esters (lactones) is 2. The van der Waals surface area contributed by atoms with E-state index in [4.69, 9.17) is 28.4 Å². The van der Waals surface area contributed by atoms with Crippen molar-refractivity contribution in [1.82, 2.24) is 0 Å². The van der Waals surface area contributed by atoms with Crippen molar-refractivity contribution in [3.63, 3.8) is 0 Å². The van der Waals surface area contributed by atoms with Crippen LogP contribution < -0.4 is 0 Å². The molecule has 6 aliphatic rings. The van der Waals surface area contributed by atoms with Gasteiger partial charge in [-0.2, -0.15) is 4.89 Å². The quantitative estimate of drug-likeness (QED) is 0.380. The van der Waals surface area contributed by atoms with Gasteiger partial charge in [-0.15, -0.1) is 0 Å². The number of hydrogen-bond donors (Lipinski definition) is 0. The van der Waals surface area contributed by atoms with E-state index in [1.165, 1.54) is 6.08 Å². The van der Waals surface area contributed by atoms with Gasteiger partial charge in [0.2, 0.25) is 5.79 Å². The molecule has 0 radical (unpaired) electrons. The van der Waals surface area contributed by atoms with E-state index in [2.05, 4.69) is 0 Å². The summed E-state index contributed by atoms with van der Waals surface area (Å²) in [4.78, 5) is 37.0. The molecule has 174 valence electrons. The predicted octanol–water partition coefficient (Wildman–Crippen LogP) is 3.69. The van der Waals surface area contributed by atoms with Gasteiger partial charge in [0.25, 0.3) is 0 Å². The number of carbonyl (C=O) groups is 2. The lowest BCUT2D eigenvalue weighted by Gasteiger charge is -2.40. The van der Waals surface area contributed by atoms with E-state index in [-0.39, 0.29) is 35.5 Å². The zero-order valence-electron chi connectivity index (χ0n) is 18.8. The third-order valence-electron chi connectivity index (χ3n) is 8.93. The molecule has 8 heteroatoms. The minimum atomic E-state index is -1.17. The van der Waals surface area contributed by atoms with Crippen LogP contribution in [-0.2, 0) is 33.6 Å². The van der Waals surface area contributed by atoms with Crippen LogP contribution in [0, 0.1) is 16.7 Å². The van der Waals surface area contributed by atoms with Crippen molar-refractivity contribution in [3.05, 3.63) is 48.0 Å². The first kappa shape index (κ1) is 20.0. The van der Waals surface area contributed by atoms with Crippen molar-refractivity contribution in [2.24, 2.45) is 16.7 Å². The molecule has 2 saturated carbocycles. The molecule has 1 aromatic heterocycles. The van der Waals surface area contributed by atoms with E-state index in [9.17, 15) is 9.59 Å². The Morgan fingerprint density at radius 2 is 2.00 bits per heavy atom. The Morgan fingerprint density at radius 3 is 2.73 bits per heavy atom. The molecular weight excluding hydrogens is 428 g/mol. The second-order valence-corrected chi connectivity index (χ2v) is 11.1. The molecule has 0 amide bonds. The third-order valence-corrected chi connectivity index (χ3v) is 8.93. The van der Waals surface area contributed by atoms with E-state index in [0.29, 0.717) is 6.42 Å². The minimum absolute atomic E-state index is 0.177. The summed E-state index contributed by atoms with van der Waals surface area (Å²) in [5.74, 6) is -1.91. The average Bonchev–Trinajstić information content (AvgIpc) is 3.11. The van der Waals surface area contributed by atoms with Gasteiger partial charge < -0.3 is 18.6 Å². The minimum Gasteiger partial charge on any atom is -0.472 e. The van der Waals surface area contributed by atoms with Crippen LogP contribution in [0.3, 0.4) is 0 Å². The highest BCUT2D eigenvalue weighted by molar-refractivity contribution is 5.90. The smallest absolute Gasteiger partial charge is 0.331 e. The fraction of sp³-hybridized carbons (Fsp3) is 0.600. The molecule has 33 heavy (non-hydrogen) atoms. The van der Waals surface area contributed by atoms with Gasteiger partial charge in [0.15, 0.2) is 0 Å². The summed E-state index contributed by atoms with van der Waals surface area (Å²) in [6, 6.07) is 1.87. The molecule has 1 aromatic rings. The van der Waals surface area contributed by atoms with Gasteiger partial charge in [0.1, 0.15) is 23.2 Å². The molecule has 0 bridgehead atoms. The molecule has 7 atom stereocenters. The molecule has 0 N–H and O–H groups in total. The molecule has 0 aromatic carbocycles. The average molecular weight is 454 g/mol. The summed E-state index contributed by atoms with van der Waals surface area (Å²) >= 11 is 0. The van der Waals surface area contributed by atoms with Crippen molar-refractivity contribution in [3.8, 4) is 0 Å². The maximum atomic E-state index is 13.3. The number of fused-ring (bicyclic) bond motifs is 1. The van der Waals surface area contributed by atoms with Crippen molar-refractivity contribution in [1.29, 1.82) is 0 Å². The second-order valence-electron chi connectivity index (χ2n) is 11.1. The third kappa shape index (κ3) is 2.32. The second kappa shape index (κ2) is 5.79. The molecule has 8 nitrogen and oxygen atoms in total. The van der Waals surface area contributed by atoms with Crippen molar-refractivity contribution < 1.29 is 38.0 Å². The van der Waals surface area contributed by atoms with Gasteiger partial charge in [0.05, 0.1) is 18.1 Å². The molecule has 2 saturated heterocycles. The summed E-state index contributed by atoms with van der Waals surface area (Å²) in [6.07, 6.45) is 10.5. The first-order valence-electron chi connectivity index (χ1n) is 11.6. The zero-order chi connectivity index (χ0) is 22.9. The van der Waals surface area contributed by atoms with Crippen LogP contribution >= 0.6 is 0 Å². The van der Waals surface area contributed by atoms with Gasteiger partial charge in [0, 0.05) is 29.4 Å². The Balaban J connectivity index is 1.27. The van der Waals surface area contributed by atoms with Gasteiger partial charge in [-0.3, -0.25) is 4.79 Å². The number of esters is 2. The number of furan rings is 1. The van der Waals surface area contributed by atoms with Crippen molar-refractivity contribution in [2.75, 3.05) is 0 Å². The summed E-state index contributed by atoms with van der Waals surface area (Å²) in [7, 11) is 0. The van der Waals surface area contributed by atoms with Crippen molar-refractivity contribution in [2.45, 2.75) is 75.7 Å². The lowest BCUT2D eigenvalue weighted by Crippen LogP contribution is -2.45. The number of ether oxygens (including phenoxy) is 3. The van der Waals surface area contributed by atoms with Crippen molar-refractivity contribution >= 4 is 11.9 Å².